The fourth-order valence-corrected chi connectivity index (χ4v) is 5.29. The molecule has 5 atom stereocenters. The first-order valence-electron chi connectivity index (χ1n) is 8.91. The Morgan fingerprint density at radius 1 is 1.46 bits per heavy atom. The molecule has 0 aliphatic heterocycles. The Bertz CT molecular complexity index is 632. The molecule has 1 N–H and O–H groups in total. The maximum Gasteiger partial charge on any atom is 0.0934 e. The summed E-state index contributed by atoms with van der Waals surface area (Å²) in [6.45, 7) is 6.38. The molecule has 0 saturated heterocycles. The van der Waals surface area contributed by atoms with Gasteiger partial charge in [0, 0.05) is 5.41 Å². The summed E-state index contributed by atoms with van der Waals surface area (Å²) in [5, 5.41) is 22.5. The number of fused-ring (bicyclic) bond motifs is 1. The van der Waals surface area contributed by atoms with Gasteiger partial charge in [-0.1, -0.05) is 26.8 Å². The number of aliphatic carboxylic acids is 1. The van der Waals surface area contributed by atoms with Crippen molar-refractivity contribution in [3.63, 3.8) is 0 Å². The molecule has 1 heterocycles. The van der Waals surface area contributed by atoms with Crippen molar-refractivity contribution in [2.45, 2.75) is 59.0 Å². The molecule has 24 heavy (non-hydrogen) atoms. The van der Waals surface area contributed by atoms with Crippen LogP contribution >= 0.6 is 0 Å². The Hall–Kier alpha value is -1.55. The second-order valence-corrected chi connectivity index (χ2v) is 8.11. The van der Waals surface area contributed by atoms with Crippen LogP contribution in [0.15, 0.2) is 34.7 Å². The lowest BCUT2D eigenvalue weighted by Gasteiger charge is -2.60. The molecular weight excluding hydrogens is 304 g/mol. The fraction of sp³-hybridized carbons (Fsp3) is 0.650. The van der Waals surface area contributed by atoms with Crippen molar-refractivity contribution in [1.82, 2.24) is 0 Å². The van der Waals surface area contributed by atoms with E-state index in [9.17, 15) is 15.0 Å². The average Bonchev–Trinajstić information content (AvgIpc) is 3.04. The lowest BCUT2D eigenvalue weighted by Crippen LogP contribution is -2.58. The number of hydrogen-bond acceptors (Lipinski definition) is 4. The maximum absolute atomic E-state index is 11.7. The van der Waals surface area contributed by atoms with E-state index in [0.717, 1.165) is 25.7 Å². The molecule has 1 fully saturated rings. The van der Waals surface area contributed by atoms with Crippen molar-refractivity contribution in [3.05, 3.63) is 35.8 Å². The predicted molar refractivity (Wildman–Crippen MR) is 88.8 cm³/mol. The largest absolute Gasteiger partial charge is 0.545 e. The number of carboxylic acid groups (broad SMARTS) is 1. The van der Waals surface area contributed by atoms with Crippen LogP contribution in [0.25, 0.3) is 0 Å². The Balaban J connectivity index is 1.94. The zero-order chi connectivity index (χ0) is 17.5. The van der Waals surface area contributed by atoms with Crippen LogP contribution in [0.5, 0.6) is 0 Å². The quantitative estimate of drug-likeness (QED) is 0.920. The number of aliphatic hydroxyl groups excluding tert-OH is 1. The minimum absolute atomic E-state index is 0.0276. The van der Waals surface area contributed by atoms with E-state index in [-0.39, 0.29) is 11.3 Å². The molecule has 2 aliphatic rings. The average molecular weight is 331 g/mol. The monoisotopic (exact) mass is 331 g/mol. The number of furan rings is 1. The molecule has 0 bridgehead atoms. The normalized spacial score (nSPS) is 39.2. The molecule has 0 aromatic carbocycles. The number of carbonyl (C=O) groups excluding carboxylic acids is 1. The minimum atomic E-state index is -1.13. The predicted octanol–water partition coefficient (Wildman–Crippen LogP) is 2.71. The van der Waals surface area contributed by atoms with Crippen molar-refractivity contribution in [2.24, 2.45) is 22.7 Å². The van der Waals surface area contributed by atoms with Gasteiger partial charge in [-0.25, -0.2) is 0 Å². The molecule has 1 aromatic rings. The summed E-state index contributed by atoms with van der Waals surface area (Å²) in [4.78, 5) is 11.7. The third-order valence-electron chi connectivity index (χ3n) is 7.05. The third kappa shape index (κ3) is 2.52. The summed E-state index contributed by atoms with van der Waals surface area (Å²) in [5.41, 5.74) is 0.713. The van der Waals surface area contributed by atoms with Crippen LogP contribution < -0.4 is 5.11 Å². The van der Waals surface area contributed by atoms with Crippen molar-refractivity contribution in [3.8, 4) is 0 Å². The van der Waals surface area contributed by atoms with Crippen molar-refractivity contribution in [2.75, 3.05) is 0 Å². The van der Waals surface area contributed by atoms with Crippen LogP contribution in [0.2, 0.25) is 0 Å². The van der Waals surface area contributed by atoms with E-state index in [0.29, 0.717) is 17.9 Å². The molecule has 2 aliphatic carbocycles. The molecule has 0 unspecified atom stereocenters. The lowest BCUT2D eigenvalue weighted by molar-refractivity contribution is -0.302. The topological polar surface area (TPSA) is 73.5 Å². The van der Waals surface area contributed by atoms with Crippen LogP contribution in [-0.2, 0) is 11.2 Å². The van der Waals surface area contributed by atoms with E-state index >= 15 is 0 Å². The highest BCUT2D eigenvalue weighted by Crippen LogP contribution is 2.61. The Labute approximate surface area is 143 Å². The van der Waals surface area contributed by atoms with Crippen LogP contribution in [0.1, 0.15) is 52.0 Å². The highest BCUT2D eigenvalue weighted by Gasteiger charge is 2.58. The molecule has 0 radical (unpaired) electrons. The van der Waals surface area contributed by atoms with Gasteiger partial charge in [-0.15, -0.1) is 0 Å². The maximum atomic E-state index is 11.7. The SMILES string of the molecule is C[C@@H]1C[C@@H](O)[C@]2(C)C(C(=O)[O-])=CCC[C@@H]2[C@@]1(C)CCc1ccoc1. The second kappa shape index (κ2) is 6.07. The van der Waals surface area contributed by atoms with E-state index in [1.165, 1.54) is 5.56 Å². The Morgan fingerprint density at radius 2 is 2.21 bits per heavy atom. The van der Waals surface area contributed by atoms with Gasteiger partial charge in [0.1, 0.15) is 0 Å². The van der Waals surface area contributed by atoms with Gasteiger partial charge in [-0.05, 0) is 66.6 Å². The highest BCUT2D eigenvalue weighted by atomic mass is 16.4. The first-order valence-corrected chi connectivity index (χ1v) is 8.91. The van der Waals surface area contributed by atoms with Gasteiger partial charge in [0.15, 0.2) is 0 Å². The van der Waals surface area contributed by atoms with E-state index in [2.05, 4.69) is 13.8 Å². The summed E-state index contributed by atoms with van der Waals surface area (Å²) >= 11 is 0. The molecule has 4 heteroatoms. The number of aryl methyl sites for hydroxylation is 1. The van der Waals surface area contributed by atoms with Gasteiger partial charge in [-0.3, -0.25) is 0 Å². The number of carbonyl (C=O) groups is 1. The first kappa shape index (κ1) is 17.3. The summed E-state index contributed by atoms with van der Waals surface area (Å²) in [6, 6.07) is 1.98. The minimum Gasteiger partial charge on any atom is -0.545 e. The van der Waals surface area contributed by atoms with Gasteiger partial charge in [0.05, 0.1) is 24.6 Å². The highest BCUT2D eigenvalue weighted by molar-refractivity contribution is 5.87. The molecule has 4 nitrogen and oxygen atoms in total. The van der Waals surface area contributed by atoms with E-state index in [4.69, 9.17) is 4.42 Å². The van der Waals surface area contributed by atoms with Crippen LogP contribution in [0, 0.1) is 22.7 Å². The Kier molecular flexibility index (Phi) is 4.37. The molecule has 0 amide bonds. The first-order chi connectivity index (χ1) is 11.3. The Morgan fingerprint density at radius 3 is 2.83 bits per heavy atom. The molecule has 1 saturated carbocycles. The number of hydrogen-bond donors (Lipinski definition) is 1. The smallest absolute Gasteiger partial charge is 0.0934 e. The summed E-state index contributed by atoms with van der Waals surface area (Å²) < 4.78 is 5.17. The summed E-state index contributed by atoms with van der Waals surface area (Å²) in [5.74, 6) is -0.667. The molecule has 3 rings (SSSR count). The van der Waals surface area contributed by atoms with Crippen LogP contribution in [-0.4, -0.2) is 17.2 Å². The third-order valence-corrected chi connectivity index (χ3v) is 7.05. The summed E-state index contributed by atoms with van der Waals surface area (Å²) in [7, 11) is 0. The van der Waals surface area contributed by atoms with Gasteiger partial charge in [-0.2, -0.15) is 0 Å². The molecular formula is C20H27O4-. The van der Waals surface area contributed by atoms with Gasteiger partial charge >= 0.3 is 0 Å². The van der Waals surface area contributed by atoms with Crippen LogP contribution in [0.4, 0.5) is 0 Å². The van der Waals surface area contributed by atoms with E-state index < -0.39 is 17.5 Å². The lowest BCUT2D eigenvalue weighted by atomic mass is 9.45. The second-order valence-electron chi connectivity index (χ2n) is 8.11. The van der Waals surface area contributed by atoms with Crippen molar-refractivity contribution < 1.29 is 19.4 Å². The van der Waals surface area contributed by atoms with Gasteiger partial charge in [0.2, 0.25) is 0 Å². The zero-order valence-electron chi connectivity index (χ0n) is 14.7. The molecule has 0 spiro atoms. The van der Waals surface area contributed by atoms with Crippen molar-refractivity contribution in [1.29, 1.82) is 0 Å². The number of aliphatic hydroxyl groups is 1. The van der Waals surface area contributed by atoms with Gasteiger partial charge in [0.25, 0.3) is 0 Å². The fourth-order valence-electron chi connectivity index (χ4n) is 5.29. The van der Waals surface area contributed by atoms with E-state index in [1.807, 2.05) is 13.0 Å². The molecule has 1 aromatic heterocycles. The number of carboxylic acids is 1. The zero-order valence-corrected chi connectivity index (χ0v) is 14.7. The number of rotatable bonds is 4. The van der Waals surface area contributed by atoms with Crippen LogP contribution in [0.3, 0.4) is 0 Å². The standard InChI is InChI=1S/C20H28O4/c1-13-11-17(21)20(3)15(18(22)23)5-4-6-16(20)19(13,2)9-7-14-8-10-24-12-14/h5,8,10,12-13,16-17,21H,4,6-7,9,11H2,1-3H3,(H,22,23)/p-1/t13-,16-,17-,19+,20-/m1/s1. The van der Waals surface area contributed by atoms with Crippen molar-refractivity contribution >= 4 is 5.97 Å². The summed E-state index contributed by atoms with van der Waals surface area (Å²) in [6.07, 6.45) is 8.74. The number of allylic oxidation sites excluding steroid dienone is 1. The van der Waals surface area contributed by atoms with E-state index in [1.54, 1.807) is 18.6 Å². The van der Waals surface area contributed by atoms with Gasteiger partial charge < -0.3 is 19.4 Å². The molecule has 132 valence electrons.